The first-order chi connectivity index (χ1) is 9.22. The zero-order valence-electron chi connectivity index (χ0n) is 11.6. The van der Waals surface area contributed by atoms with Gasteiger partial charge in [0.15, 0.2) is 0 Å². The molecule has 0 bridgehead atoms. The lowest BCUT2D eigenvalue weighted by molar-refractivity contribution is 0.263. The number of piperazine rings is 1. The fraction of sp³-hybridized carbons (Fsp3) is 0.692. The molecule has 0 radical (unpaired) electrons. The summed E-state index contributed by atoms with van der Waals surface area (Å²) in [5.41, 5.74) is 6.39. The molecule has 1 aliphatic rings. The number of anilines is 1. The van der Waals surface area contributed by atoms with E-state index in [0.717, 1.165) is 51.3 Å². The van der Waals surface area contributed by atoms with Crippen molar-refractivity contribution in [3.63, 3.8) is 0 Å². The highest BCUT2D eigenvalue weighted by atomic mass is 16.1. The Kier molecular flexibility index (Phi) is 4.93. The molecule has 0 spiro atoms. The topological polar surface area (TPSA) is 78.2 Å². The van der Waals surface area contributed by atoms with Crippen LogP contribution in [0, 0.1) is 0 Å². The maximum absolute atomic E-state index is 11.6. The molecule has 0 unspecified atom stereocenters. The number of nitrogens with one attached hydrogen (secondary N) is 1. The molecule has 0 aromatic carbocycles. The summed E-state index contributed by atoms with van der Waals surface area (Å²) in [7, 11) is 0. The van der Waals surface area contributed by atoms with E-state index in [1.54, 1.807) is 6.07 Å². The van der Waals surface area contributed by atoms with Gasteiger partial charge in [-0.3, -0.25) is 14.7 Å². The van der Waals surface area contributed by atoms with Crippen molar-refractivity contribution < 1.29 is 0 Å². The van der Waals surface area contributed by atoms with Crippen molar-refractivity contribution in [3.8, 4) is 0 Å². The predicted molar refractivity (Wildman–Crippen MR) is 76.6 cm³/mol. The van der Waals surface area contributed by atoms with Crippen molar-refractivity contribution >= 4 is 5.95 Å². The number of aromatic amines is 1. The highest BCUT2D eigenvalue weighted by Crippen LogP contribution is 2.10. The van der Waals surface area contributed by atoms with Crippen molar-refractivity contribution in [2.75, 3.05) is 44.2 Å². The summed E-state index contributed by atoms with van der Waals surface area (Å²) in [6.45, 7) is 7.44. The molecule has 6 heteroatoms. The third-order valence-corrected chi connectivity index (χ3v) is 3.41. The molecule has 0 saturated carbocycles. The van der Waals surface area contributed by atoms with E-state index in [9.17, 15) is 4.79 Å². The van der Waals surface area contributed by atoms with Gasteiger partial charge in [0.2, 0.25) is 5.95 Å². The van der Waals surface area contributed by atoms with Gasteiger partial charge in [-0.15, -0.1) is 0 Å². The number of nitrogens with zero attached hydrogens (tertiary/aromatic N) is 3. The van der Waals surface area contributed by atoms with E-state index >= 15 is 0 Å². The Balaban J connectivity index is 2.04. The minimum atomic E-state index is -0.0576. The average molecular weight is 265 g/mol. The Morgan fingerprint density at radius 1 is 1.37 bits per heavy atom. The lowest BCUT2D eigenvalue weighted by Crippen LogP contribution is -2.48. The minimum absolute atomic E-state index is 0.0576. The first-order valence-corrected chi connectivity index (χ1v) is 7.00. The van der Waals surface area contributed by atoms with Gasteiger partial charge in [0, 0.05) is 51.0 Å². The second-order valence-corrected chi connectivity index (χ2v) is 4.93. The van der Waals surface area contributed by atoms with Crippen molar-refractivity contribution in [2.45, 2.75) is 19.8 Å². The maximum Gasteiger partial charge on any atom is 0.252 e. The first kappa shape index (κ1) is 14.0. The van der Waals surface area contributed by atoms with E-state index in [-0.39, 0.29) is 5.56 Å². The number of hydrogen-bond donors (Lipinski definition) is 2. The zero-order valence-corrected chi connectivity index (χ0v) is 11.6. The van der Waals surface area contributed by atoms with Gasteiger partial charge in [-0.1, -0.05) is 13.3 Å². The summed E-state index contributed by atoms with van der Waals surface area (Å²) < 4.78 is 0. The highest BCUT2D eigenvalue weighted by Gasteiger charge is 2.18. The second-order valence-electron chi connectivity index (χ2n) is 4.93. The van der Waals surface area contributed by atoms with Crippen LogP contribution in [-0.2, 0) is 6.42 Å². The van der Waals surface area contributed by atoms with Crippen molar-refractivity contribution in [3.05, 3.63) is 22.1 Å². The molecule has 2 heterocycles. The summed E-state index contributed by atoms with van der Waals surface area (Å²) in [5.74, 6) is 0.711. The molecule has 1 aromatic rings. The quantitative estimate of drug-likeness (QED) is 0.771. The van der Waals surface area contributed by atoms with E-state index in [0.29, 0.717) is 12.5 Å². The standard InChI is InChI=1S/C13H23N5O/c1-2-3-11-10-12(19)16-13(15-11)18-8-6-17(5-4-14)7-9-18/h10H,2-9,14H2,1H3,(H,15,16,19). The summed E-state index contributed by atoms with van der Waals surface area (Å²) in [4.78, 5) is 23.5. The van der Waals surface area contributed by atoms with Crippen molar-refractivity contribution in [1.82, 2.24) is 14.9 Å². The summed E-state index contributed by atoms with van der Waals surface area (Å²) in [6.07, 6.45) is 1.85. The molecule has 3 N–H and O–H groups in total. The van der Waals surface area contributed by atoms with E-state index in [4.69, 9.17) is 5.73 Å². The molecular formula is C13H23N5O. The fourth-order valence-corrected chi connectivity index (χ4v) is 2.39. The lowest BCUT2D eigenvalue weighted by Gasteiger charge is -2.34. The molecule has 19 heavy (non-hydrogen) atoms. The molecule has 6 nitrogen and oxygen atoms in total. The average Bonchev–Trinajstić information content (AvgIpc) is 2.40. The maximum atomic E-state index is 11.6. The van der Waals surface area contributed by atoms with Crippen LogP contribution >= 0.6 is 0 Å². The van der Waals surface area contributed by atoms with Crippen LogP contribution in [0.2, 0.25) is 0 Å². The smallest absolute Gasteiger partial charge is 0.252 e. The number of aromatic nitrogens is 2. The van der Waals surface area contributed by atoms with E-state index in [2.05, 4.69) is 26.7 Å². The molecule has 0 amide bonds. The number of nitrogens with two attached hydrogens (primary N) is 1. The minimum Gasteiger partial charge on any atom is -0.340 e. The molecule has 1 fully saturated rings. The van der Waals surface area contributed by atoms with Gasteiger partial charge in [-0.2, -0.15) is 0 Å². The highest BCUT2D eigenvalue weighted by molar-refractivity contribution is 5.31. The number of hydrogen-bond acceptors (Lipinski definition) is 5. The van der Waals surface area contributed by atoms with Gasteiger partial charge < -0.3 is 10.6 Å². The third kappa shape index (κ3) is 3.78. The SMILES string of the molecule is CCCc1cc(=O)[nH]c(N2CCN(CCN)CC2)n1. The van der Waals surface area contributed by atoms with Crippen LogP contribution in [0.3, 0.4) is 0 Å². The normalized spacial score (nSPS) is 16.8. The molecule has 0 aliphatic carbocycles. The predicted octanol–water partition coefficient (Wildman–Crippen LogP) is -0.197. The number of rotatable bonds is 5. The number of H-pyrrole nitrogens is 1. The Labute approximate surface area is 113 Å². The van der Waals surface area contributed by atoms with Gasteiger partial charge in [-0.05, 0) is 6.42 Å². The van der Waals surface area contributed by atoms with Gasteiger partial charge in [0.05, 0.1) is 0 Å². The third-order valence-electron chi connectivity index (χ3n) is 3.41. The van der Waals surface area contributed by atoms with Crippen LogP contribution in [0.15, 0.2) is 10.9 Å². The Hall–Kier alpha value is -1.40. The van der Waals surface area contributed by atoms with Crippen LogP contribution < -0.4 is 16.2 Å². The van der Waals surface area contributed by atoms with Crippen LogP contribution in [0.5, 0.6) is 0 Å². The number of aryl methyl sites for hydroxylation is 1. The molecule has 1 aromatic heterocycles. The lowest BCUT2D eigenvalue weighted by atomic mass is 10.2. The second kappa shape index (κ2) is 6.68. The van der Waals surface area contributed by atoms with Gasteiger partial charge in [0.25, 0.3) is 5.56 Å². The van der Waals surface area contributed by atoms with Gasteiger partial charge >= 0.3 is 0 Å². The Morgan fingerprint density at radius 3 is 2.74 bits per heavy atom. The van der Waals surface area contributed by atoms with Crippen molar-refractivity contribution in [2.24, 2.45) is 5.73 Å². The first-order valence-electron chi connectivity index (χ1n) is 7.00. The zero-order chi connectivity index (χ0) is 13.7. The molecule has 0 atom stereocenters. The Morgan fingerprint density at radius 2 is 2.11 bits per heavy atom. The van der Waals surface area contributed by atoms with Crippen LogP contribution in [0.1, 0.15) is 19.0 Å². The summed E-state index contributed by atoms with van der Waals surface area (Å²) in [6, 6.07) is 1.59. The summed E-state index contributed by atoms with van der Waals surface area (Å²) in [5, 5.41) is 0. The van der Waals surface area contributed by atoms with E-state index < -0.39 is 0 Å². The molecule has 1 aliphatic heterocycles. The van der Waals surface area contributed by atoms with Crippen LogP contribution in [0.25, 0.3) is 0 Å². The van der Waals surface area contributed by atoms with E-state index in [1.165, 1.54) is 0 Å². The van der Waals surface area contributed by atoms with Crippen LogP contribution in [0.4, 0.5) is 5.95 Å². The molecular weight excluding hydrogens is 242 g/mol. The largest absolute Gasteiger partial charge is 0.340 e. The Bertz CT molecular complexity index is 451. The van der Waals surface area contributed by atoms with Gasteiger partial charge in [-0.25, -0.2) is 4.98 Å². The molecule has 2 rings (SSSR count). The molecule has 106 valence electrons. The summed E-state index contributed by atoms with van der Waals surface area (Å²) >= 11 is 0. The molecule has 1 saturated heterocycles. The van der Waals surface area contributed by atoms with Crippen molar-refractivity contribution in [1.29, 1.82) is 0 Å². The fourth-order valence-electron chi connectivity index (χ4n) is 2.39. The van der Waals surface area contributed by atoms with E-state index in [1.807, 2.05) is 0 Å². The van der Waals surface area contributed by atoms with Crippen LogP contribution in [-0.4, -0.2) is 54.1 Å². The monoisotopic (exact) mass is 265 g/mol. The van der Waals surface area contributed by atoms with Gasteiger partial charge in [0.1, 0.15) is 0 Å².